The van der Waals surface area contributed by atoms with Crippen molar-refractivity contribution < 1.29 is 0 Å². The van der Waals surface area contributed by atoms with Gasteiger partial charge in [-0.3, -0.25) is 0 Å². The summed E-state index contributed by atoms with van der Waals surface area (Å²) in [7, 11) is 0. The molecule has 2 fully saturated rings. The number of rotatable bonds is 2. The number of nitrogens with zero attached hydrogens (tertiary/aromatic N) is 4. The largest absolute Gasteiger partial charge is 0.316 e. The molecule has 0 spiro atoms. The smallest absolute Gasteiger partial charge is 0.138 e. The van der Waals surface area contributed by atoms with E-state index in [0.717, 1.165) is 17.8 Å². The highest BCUT2D eigenvalue weighted by Crippen LogP contribution is 2.54. The molecule has 3 rings (SSSR count). The number of piperidine rings is 1. The van der Waals surface area contributed by atoms with E-state index in [0.29, 0.717) is 6.04 Å². The summed E-state index contributed by atoms with van der Waals surface area (Å²) in [5.41, 5.74) is 0. The van der Waals surface area contributed by atoms with Gasteiger partial charge in [-0.15, -0.1) is 5.10 Å². The van der Waals surface area contributed by atoms with Crippen LogP contribution >= 0.6 is 0 Å². The maximum Gasteiger partial charge on any atom is 0.138 e. The molecule has 1 aliphatic carbocycles. The van der Waals surface area contributed by atoms with Gasteiger partial charge in [0.15, 0.2) is 0 Å². The van der Waals surface area contributed by atoms with Gasteiger partial charge in [0.1, 0.15) is 6.33 Å². The highest BCUT2D eigenvalue weighted by molar-refractivity contribution is 5.06. The lowest BCUT2D eigenvalue weighted by Gasteiger charge is -2.12. The summed E-state index contributed by atoms with van der Waals surface area (Å²) < 4.78 is 1.88. The third-order valence-corrected chi connectivity index (χ3v) is 3.50. The van der Waals surface area contributed by atoms with Gasteiger partial charge in [-0.1, -0.05) is 0 Å². The van der Waals surface area contributed by atoms with Gasteiger partial charge in [0.25, 0.3) is 0 Å². The van der Waals surface area contributed by atoms with E-state index in [1.807, 2.05) is 4.68 Å². The standard InChI is InChI=1S/C8H13N5/c1-5(13-4-10-11-12-13)8-6-2-9-3-7(6)8/h4-9H,2-3H2,1H3/t5?,6-,7+,8+. The van der Waals surface area contributed by atoms with Gasteiger partial charge in [-0.25, -0.2) is 4.68 Å². The maximum absolute atomic E-state index is 3.94. The van der Waals surface area contributed by atoms with E-state index in [-0.39, 0.29) is 0 Å². The van der Waals surface area contributed by atoms with Crippen molar-refractivity contribution in [1.82, 2.24) is 25.5 Å². The van der Waals surface area contributed by atoms with Crippen LogP contribution in [0.1, 0.15) is 13.0 Å². The molecule has 70 valence electrons. The Morgan fingerprint density at radius 1 is 1.46 bits per heavy atom. The van der Waals surface area contributed by atoms with Gasteiger partial charge >= 0.3 is 0 Å². The minimum Gasteiger partial charge on any atom is -0.316 e. The minimum atomic E-state index is 0.465. The van der Waals surface area contributed by atoms with Crippen LogP contribution in [0, 0.1) is 17.8 Å². The van der Waals surface area contributed by atoms with Crippen LogP contribution in [0.25, 0.3) is 0 Å². The van der Waals surface area contributed by atoms with Crippen LogP contribution < -0.4 is 5.32 Å². The second-order valence-corrected chi connectivity index (χ2v) is 4.09. The quantitative estimate of drug-likeness (QED) is 0.677. The number of nitrogens with one attached hydrogen (secondary N) is 1. The van der Waals surface area contributed by atoms with Crippen LogP contribution in [-0.2, 0) is 0 Å². The lowest BCUT2D eigenvalue weighted by Crippen LogP contribution is -2.20. The first kappa shape index (κ1) is 7.44. The fraction of sp³-hybridized carbons (Fsp3) is 0.875. The molecule has 1 aromatic heterocycles. The molecule has 1 saturated heterocycles. The van der Waals surface area contributed by atoms with Crippen LogP contribution in [0.2, 0.25) is 0 Å². The Labute approximate surface area is 76.5 Å². The minimum absolute atomic E-state index is 0.465. The second kappa shape index (κ2) is 2.51. The topological polar surface area (TPSA) is 55.6 Å². The molecule has 2 aliphatic rings. The summed E-state index contributed by atoms with van der Waals surface area (Å²) >= 11 is 0. The van der Waals surface area contributed by atoms with Crippen LogP contribution in [0.4, 0.5) is 0 Å². The molecule has 1 aliphatic heterocycles. The molecule has 1 unspecified atom stereocenters. The Balaban J connectivity index is 1.74. The molecule has 0 bridgehead atoms. The van der Waals surface area contributed by atoms with Crippen molar-refractivity contribution in [3.05, 3.63) is 6.33 Å². The molecule has 1 saturated carbocycles. The van der Waals surface area contributed by atoms with Gasteiger partial charge in [0.05, 0.1) is 6.04 Å². The maximum atomic E-state index is 3.94. The molecular weight excluding hydrogens is 166 g/mol. The lowest BCUT2D eigenvalue weighted by atomic mass is 10.1. The Hall–Kier alpha value is -0.970. The van der Waals surface area contributed by atoms with Crippen molar-refractivity contribution in [2.24, 2.45) is 17.8 Å². The van der Waals surface area contributed by atoms with E-state index in [1.54, 1.807) is 6.33 Å². The summed E-state index contributed by atoms with van der Waals surface area (Å²) in [6.45, 7) is 4.57. The van der Waals surface area contributed by atoms with E-state index in [1.165, 1.54) is 13.1 Å². The number of tetrazole rings is 1. The molecule has 0 radical (unpaired) electrons. The predicted octanol–water partition coefficient (Wildman–Crippen LogP) is -0.301. The van der Waals surface area contributed by atoms with Crippen LogP contribution in [0.3, 0.4) is 0 Å². The fourth-order valence-corrected chi connectivity index (χ4v) is 2.71. The number of hydrogen-bond acceptors (Lipinski definition) is 4. The zero-order valence-electron chi connectivity index (χ0n) is 7.59. The van der Waals surface area contributed by atoms with Gasteiger partial charge < -0.3 is 5.32 Å². The zero-order valence-corrected chi connectivity index (χ0v) is 7.59. The van der Waals surface area contributed by atoms with Crippen molar-refractivity contribution in [2.45, 2.75) is 13.0 Å². The SMILES string of the molecule is CC([C@H]1[C@@H]2CNC[C@@H]21)n1cnnn1. The molecular formula is C8H13N5. The third-order valence-electron chi connectivity index (χ3n) is 3.50. The number of hydrogen-bond donors (Lipinski definition) is 1. The van der Waals surface area contributed by atoms with Gasteiger partial charge in [-0.05, 0) is 48.2 Å². The first-order valence-electron chi connectivity index (χ1n) is 4.81. The van der Waals surface area contributed by atoms with E-state index in [4.69, 9.17) is 0 Å². The Kier molecular flexibility index (Phi) is 1.44. The fourth-order valence-electron chi connectivity index (χ4n) is 2.71. The molecule has 13 heavy (non-hydrogen) atoms. The molecule has 1 aromatic rings. The van der Waals surface area contributed by atoms with E-state index in [2.05, 4.69) is 27.8 Å². The van der Waals surface area contributed by atoms with Crippen molar-refractivity contribution in [3.8, 4) is 0 Å². The molecule has 4 atom stereocenters. The monoisotopic (exact) mass is 179 g/mol. The molecule has 0 amide bonds. The Morgan fingerprint density at radius 3 is 2.85 bits per heavy atom. The zero-order chi connectivity index (χ0) is 8.84. The van der Waals surface area contributed by atoms with Gasteiger partial charge in [-0.2, -0.15) is 0 Å². The van der Waals surface area contributed by atoms with Crippen molar-refractivity contribution >= 4 is 0 Å². The van der Waals surface area contributed by atoms with Crippen LogP contribution in [0.5, 0.6) is 0 Å². The normalized spacial score (nSPS) is 38.7. The van der Waals surface area contributed by atoms with E-state index < -0.39 is 0 Å². The van der Waals surface area contributed by atoms with E-state index >= 15 is 0 Å². The summed E-state index contributed by atoms with van der Waals surface area (Å²) in [5, 5.41) is 14.7. The first-order chi connectivity index (χ1) is 6.38. The summed E-state index contributed by atoms with van der Waals surface area (Å²) in [4.78, 5) is 0. The second-order valence-electron chi connectivity index (χ2n) is 4.09. The molecule has 5 nitrogen and oxygen atoms in total. The lowest BCUT2D eigenvalue weighted by molar-refractivity contribution is 0.380. The van der Waals surface area contributed by atoms with E-state index in [9.17, 15) is 0 Å². The summed E-state index contributed by atoms with van der Waals surface area (Å²) in [6, 6.07) is 0.465. The summed E-state index contributed by atoms with van der Waals surface area (Å²) in [6.07, 6.45) is 1.71. The first-order valence-corrected chi connectivity index (χ1v) is 4.81. The number of aromatic nitrogens is 4. The molecule has 0 aromatic carbocycles. The van der Waals surface area contributed by atoms with Crippen LogP contribution in [-0.4, -0.2) is 33.3 Å². The van der Waals surface area contributed by atoms with Gasteiger partial charge in [0.2, 0.25) is 0 Å². The highest BCUT2D eigenvalue weighted by Gasteiger charge is 2.55. The number of fused-ring (bicyclic) bond motifs is 1. The average molecular weight is 179 g/mol. The van der Waals surface area contributed by atoms with Crippen molar-refractivity contribution in [3.63, 3.8) is 0 Å². The molecule has 1 N–H and O–H groups in total. The van der Waals surface area contributed by atoms with Crippen molar-refractivity contribution in [1.29, 1.82) is 0 Å². The van der Waals surface area contributed by atoms with Crippen molar-refractivity contribution in [2.75, 3.05) is 13.1 Å². The third kappa shape index (κ3) is 0.997. The Bertz CT molecular complexity index is 285. The average Bonchev–Trinajstić information content (AvgIpc) is 2.68. The van der Waals surface area contributed by atoms with Gasteiger partial charge in [0, 0.05) is 0 Å². The Morgan fingerprint density at radius 2 is 2.23 bits per heavy atom. The molecule has 5 heteroatoms. The predicted molar refractivity (Wildman–Crippen MR) is 45.9 cm³/mol. The highest BCUT2D eigenvalue weighted by atomic mass is 15.5. The van der Waals surface area contributed by atoms with Crippen LogP contribution in [0.15, 0.2) is 6.33 Å². The molecule has 2 heterocycles. The summed E-state index contributed by atoms with van der Waals surface area (Å²) in [5.74, 6) is 2.54.